The normalized spacial score (nSPS) is 12.2. The van der Waals surface area contributed by atoms with Crippen molar-refractivity contribution >= 4 is 50.1 Å². The Balaban J connectivity index is 2.05. The van der Waals surface area contributed by atoms with Gasteiger partial charge in [0.05, 0.1) is 11.9 Å². The largest absolute Gasteiger partial charge is 0.354 e. The molecule has 10 heteroatoms. The van der Waals surface area contributed by atoms with E-state index in [2.05, 4.69) is 27.9 Å². The lowest BCUT2D eigenvalue weighted by molar-refractivity contribution is -0.140. The zero-order valence-electron chi connectivity index (χ0n) is 22.2. The zero-order valence-corrected chi connectivity index (χ0v) is 25.2. The summed E-state index contributed by atoms with van der Waals surface area (Å²) in [6.45, 7) is 3.56. The molecule has 3 aromatic carbocycles. The van der Waals surface area contributed by atoms with E-state index in [0.29, 0.717) is 12.2 Å². The van der Waals surface area contributed by atoms with Crippen molar-refractivity contribution in [2.45, 2.75) is 32.9 Å². The maximum Gasteiger partial charge on any atom is 0.244 e. The fourth-order valence-electron chi connectivity index (χ4n) is 4.01. The van der Waals surface area contributed by atoms with E-state index in [1.165, 1.54) is 11.0 Å². The molecule has 0 bridgehead atoms. The van der Waals surface area contributed by atoms with Gasteiger partial charge in [-0.2, -0.15) is 0 Å². The summed E-state index contributed by atoms with van der Waals surface area (Å²) in [4.78, 5) is 28.8. The molecule has 0 spiro atoms. The summed E-state index contributed by atoms with van der Waals surface area (Å²) in [7, 11) is -3.86. The molecule has 7 nitrogen and oxygen atoms in total. The number of anilines is 1. The van der Waals surface area contributed by atoms with Crippen LogP contribution in [0.25, 0.3) is 0 Å². The van der Waals surface area contributed by atoms with Gasteiger partial charge in [0.2, 0.25) is 21.8 Å². The molecule has 3 rings (SSSR count). The molecule has 0 saturated heterocycles. The van der Waals surface area contributed by atoms with Crippen LogP contribution in [0.3, 0.4) is 0 Å². The fraction of sp³-hybridized carbons (Fsp3) is 0.310. The van der Waals surface area contributed by atoms with Crippen molar-refractivity contribution < 1.29 is 22.4 Å². The molecule has 0 radical (unpaired) electrons. The van der Waals surface area contributed by atoms with E-state index in [1.807, 2.05) is 44.2 Å². The Labute approximate surface area is 243 Å². The third-order valence-electron chi connectivity index (χ3n) is 6.05. The van der Waals surface area contributed by atoms with Crippen molar-refractivity contribution in [1.29, 1.82) is 0 Å². The van der Waals surface area contributed by atoms with Gasteiger partial charge >= 0.3 is 0 Å². The highest BCUT2D eigenvalue weighted by molar-refractivity contribution is 14.1. The first-order valence-corrected chi connectivity index (χ1v) is 15.5. The maximum atomic E-state index is 14.8. The average molecular weight is 666 g/mol. The molecule has 0 aliphatic carbocycles. The standard InChI is InChI=1S/C29H33FIN3O4S/c1-21(2)18-32-29(36)27(17-22-9-5-4-6-10-22)33(19-23-11-7-8-12-26(23)30)28(35)20-34(39(3,37)38)25-15-13-24(31)14-16-25/h4-16,21,27H,17-20H2,1-3H3,(H,32,36)/t27-/m1/s1. The molecule has 1 atom stereocenters. The summed E-state index contributed by atoms with van der Waals surface area (Å²) in [5.41, 5.74) is 1.35. The smallest absolute Gasteiger partial charge is 0.244 e. The first kappa shape index (κ1) is 30.6. The molecule has 3 aromatic rings. The number of benzene rings is 3. The predicted octanol–water partition coefficient (Wildman–Crippen LogP) is 4.61. The van der Waals surface area contributed by atoms with Gasteiger partial charge in [-0.3, -0.25) is 13.9 Å². The van der Waals surface area contributed by atoms with E-state index in [4.69, 9.17) is 0 Å². The highest BCUT2D eigenvalue weighted by Crippen LogP contribution is 2.22. The van der Waals surface area contributed by atoms with E-state index in [-0.39, 0.29) is 24.4 Å². The van der Waals surface area contributed by atoms with Crippen LogP contribution in [-0.2, 0) is 32.6 Å². The summed E-state index contributed by atoms with van der Waals surface area (Å²) in [6, 6.07) is 21.0. The second-order valence-corrected chi connectivity index (χ2v) is 12.9. The quantitative estimate of drug-likeness (QED) is 0.287. The molecule has 39 heavy (non-hydrogen) atoms. The highest BCUT2D eigenvalue weighted by atomic mass is 127. The van der Waals surface area contributed by atoms with Crippen LogP contribution in [0.1, 0.15) is 25.0 Å². The number of sulfonamides is 1. The summed E-state index contributed by atoms with van der Waals surface area (Å²) in [5, 5.41) is 2.90. The maximum absolute atomic E-state index is 14.8. The number of hydrogen-bond donors (Lipinski definition) is 1. The predicted molar refractivity (Wildman–Crippen MR) is 160 cm³/mol. The van der Waals surface area contributed by atoms with Gasteiger partial charge in [0, 0.05) is 28.6 Å². The molecule has 0 aliphatic heterocycles. The minimum Gasteiger partial charge on any atom is -0.354 e. The second kappa shape index (κ2) is 13.9. The second-order valence-electron chi connectivity index (χ2n) is 9.70. The number of hydrogen-bond acceptors (Lipinski definition) is 4. The number of amides is 2. The summed E-state index contributed by atoms with van der Waals surface area (Å²) >= 11 is 2.11. The first-order chi connectivity index (χ1) is 18.5. The van der Waals surface area contributed by atoms with Crippen LogP contribution in [0.2, 0.25) is 0 Å². The number of carbonyl (C=O) groups excluding carboxylic acids is 2. The Morgan fingerprint density at radius 3 is 2.15 bits per heavy atom. The van der Waals surface area contributed by atoms with Crippen LogP contribution in [0, 0.1) is 15.3 Å². The van der Waals surface area contributed by atoms with Crippen molar-refractivity contribution in [3.8, 4) is 0 Å². The van der Waals surface area contributed by atoms with E-state index < -0.39 is 40.2 Å². The molecule has 0 saturated carbocycles. The van der Waals surface area contributed by atoms with E-state index in [0.717, 1.165) is 19.7 Å². The van der Waals surface area contributed by atoms with Crippen LogP contribution in [0.15, 0.2) is 78.9 Å². The Morgan fingerprint density at radius 2 is 1.56 bits per heavy atom. The van der Waals surface area contributed by atoms with Gasteiger partial charge in [-0.05, 0) is 64.4 Å². The van der Waals surface area contributed by atoms with Crippen LogP contribution in [0.4, 0.5) is 10.1 Å². The Hall–Kier alpha value is -2.99. The summed E-state index contributed by atoms with van der Waals surface area (Å²) in [6.07, 6.45) is 1.20. The number of nitrogens with zero attached hydrogens (tertiary/aromatic N) is 2. The van der Waals surface area contributed by atoms with Crippen LogP contribution < -0.4 is 9.62 Å². The Bertz CT molecular complexity index is 1370. The number of halogens is 2. The topological polar surface area (TPSA) is 86.8 Å². The van der Waals surface area contributed by atoms with E-state index in [9.17, 15) is 22.4 Å². The molecule has 0 aliphatic rings. The van der Waals surface area contributed by atoms with Gasteiger partial charge in [-0.1, -0.05) is 62.4 Å². The molecule has 0 unspecified atom stereocenters. The van der Waals surface area contributed by atoms with Crippen LogP contribution >= 0.6 is 22.6 Å². The molecular formula is C29H33FIN3O4S. The van der Waals surface area contributed by atoms with E-state index >= 15 is 0 Å². The van der Waals surface area contributed by atoms with Crippen molar-refractivity contribution in [3.05, 3.63) is 99.4 Å². The van der Waals surface area contributed by atoms with Gasteiger partial charge in [-0.15, -0.1) is 0 Å². The molecule has 0 heterocycles. The monoisotopic (exact) mass is 665 g/mol. The highest BCUT2D eigenvalue weighted by Gasteiger charge is 2.33. The van der Waals surface area contributed by atoms with Gasteiger partial charge in [0.15, 0.2) is 0 Å². The van der Waals surface area contributed by atoms with Gasteiger partial charge in [-0.25, -0.2) is 12.8 Å². The van der Waals surface area contributed by atoms with Crippen molar-refractivity contribution in [2.75, 3.05) is 23.7 Å². The van der Waals surface area contributed by atoms with Gasteiger partial charge in [0.25, 0.3) is 0 Å². The SMILES string of the molecule is CC(C)CNC(=O)[C@@H](Cc1ccccc1)N(Cc1ccccc1F)C(=O)CN(c1ccc(I)cc1)S(C)(=O)=O. The molecule has 1 N–H and O–H groups in total. The minimum absolute atomic E-state index is 0.170. The van der Waals surface area contributed by atoms with Crippen molar-refractivity contribution in [3.63, 3.8) is 0 Å². The average Bonchev–Trinajstić information content (AvgIpc) is 2.89. The fourth-order valence-corrected chi connectivity index (χ4v) is 5.22. The lowest BCUT2D eigenvalue weighted by Crippen LogP contribution is -2.53. The molecule has 0 aromatic heterocycles. The van der Waals surface area contributed by atoms with Crippen LogP contribution in [0.5, 0.6) is 0 Å². The number of nitrogens with one attached hydrogen (secondary N) is 1. The summed E-state index contributed by atoms with van der Waals surface area (Å²) in [5.74, 6) is -1.36. The zero-order chi connectivity index (χ0) is 28.6. The molecular weight excluding hydrogens is 632 g/mol. The minimum atomic E-state index is -3.86. The third-order valence-corrected chi connectivity index (χ3v) is 7.91. The number of carbonyl (C=O) groups is 2. The number of rotatable bonds is 12. The molecule has 2 amide bonds. The lowest BCUT2D eigenvalue weighted by atomic mass is 10.0. The Kier molecular flexibility index (Phi) is 10.9. The molecule has 208 valence electrons. The first-order valence-electron chi connectivity index (χ1n) is 12.5. The van der Waals surface area contributed by atoms with Crippen LogP contribution in [-0.4, -0.2) is 50.5 Å². The third kappa shape index (κ3) is 9.03. The van der Waals surface area contributed by atoms with Gasteiger partial charge in [0.1, 0.15) is 18.4 Å². The summed E-state index contributed by atoms with van der Waals surface area (Å²) < 4.78 is 42.2. The van der Waals surface area contributed by atoms with Crippen molar-refractivity contribution in [1.82, 2.24) is 10.2 Å². The van der Waals surface area contributed by atoms with Crippen molar-refractivity contribution in [2.24, 2.45) is 5.92 Å². The molecule has 0 fully saturated rings. The Morgan fingerprint density at radius 1 is 0.949 bits per heavy atom. The lowest BCUT2D eigenvalue weighted by Gasteiger charge is -2.33. The van der Waals surface area contributed by atoms with Gasteiger partial charge < -0.3 is 10.2 Å². The van der Waals surface area contributed by atoms with E-state index in [1.54, 1.807) is 42.5 Å².